The summed E-state index contributed by atoms with van der Waals surface area (Å²) in [6.45, 7) is 0.715. The Kier molecular flexibility index (Phi) is 4.17. The summed E-state index contributed by atoms with van der Waals surface area (Å²) in [4.78, 5) is 27.6. The number of carbonyl (C=O) groups is 2. The van der Waals surface area contributed by atoms with Crippen LogP contribution in [0.2, 0.25) is 0 Å². The Morgan fingerprint density at radius 2 is 2.20 bits per heavy atom. The maximum absolute atomic E-state index is 12.3. The lowest BCUT2D eigenvalue weighted by Crippen LogP contribution is -2.35. The molecule has 0 aromatic carbocycles. The number of pyridine rings is 1. The number of halogens is 3. The number of nitrogens with one attached hydrogen (secondary N) is 1. The van der Waals surface area contributed by atoms with Crippen LogP contribution in [-0.4, -0.2) is 40.7 Å². The standard InChI is InChI=1S/C11H10F3N3O2S/c12-11(13,14)7-1-2-8(16-5-7)20-6-9(18)17-4-3-15-10(17)19/h1-2,5H,3-4,6H2,(H,15,19). The molecular formula is C11H10F3N3O2S. The number of carbonyl (C=O) groups excluding carboxylic acids is 2. The highest BCUT2D eigenvalue weighted by Gasteiger charge is 2.31. The Labute approximate surface area is 116 Å². The van der Waals surface area contributed by atoms with Crippen molar-refractivity contribution in [2.24, 2.45) is 0 Å². The van der Waals surface area contributed by atoms with Gasteiger partial charge in [-0.25, -0.2) is 9.78 Å². The third-order valence-electron chi connectivity index (χ3n) is 2.57. The second kappa shape index (κ2) is 5.70. The number of rotatable bonds is 3. The van der Waals surface area contributed by atoms with Crippen LogP contribution in [0.4, 0.5) is 18.0 Å². The summed E-state index contributed by atoms with van der Waals surface area (Å²) in [7, 11) is 0. The average Bonchev–Trinajstić information content (AvgIpc) is 2.82. The third-order valence-corrected chi connectivity index (χ3v) is 3.49. The summed E-state index contributed by atoms with van der Waals surface area (Å²) >= 11 is 0.987. The molecule has 0 unspecified atom stereocenters. The fourth-order valence-corrected chi connectivity index (χ4v) is 2.28. The van der Waals surface area contributed by atoms with Crippen molar-refractivity contribution < 1.29 is 22.8 Å². The first kappa shape index (κ1) is 14.6. The summed E-state index contributed by atoms with van der Waals surface area (Å²) < 4.78 is 37.0. The lowest BCUT2D eigenvalue weighted by Gasteiger charge is -2.11. The van der Waals surface area contributed by atoms with Gasteiger partial charge >= 0.3 is 12.2 Å². The van der Waals surface area contributed by atoms with Crippen LogP contribution in [0.15, 0.2) is 23.4 Å². The summed E-state index contributed by atoms with van der Waals surface area (Å²) in [5.74, 6) is -0.446. The lowest BCUT2D eigenvalue weighted by molar-refractivity contribution is -0.137. The van der Waals surface area contributed by atoms with Crippen molar-refractivity contribution in [2.75, 3.05) is 18.8 Å². The molecule has 0 saturated carbocycles. The SMILES string of the molecule is O=C(CSc1ccc(C(F)(F)F)cn1)N1CCNC1=O. The molecule has 1 aliphatic rings. The van der Waals surface area contributed by atoms with Crippen molar-refractivity contribution in [1.29, 1.82) is 0 Å². The highest BCUT2D eigenvalue weighted by Crippen LogP contribution is 2.29. The smallest absolute Gasteiger partial charge is 0.336 e. The van der Waals surface area contributed by atoms with Gasteiger partial charge in [-0.05, 0) is 12.1 Å². The quantitative estimate of drug-likeness (QED) is 0.864. The van der Waals surface area contributed by atoms with E-state index in [1.165, 1.54) is 6.07 Å². The number of nitrogens with zero attached hydrogens (tertiary/aromatic N) is 2. The Bertz CT molecular complexity index is 519. The van der Waals surface area contributed by atoms with Gasteiger partial charge < -0.3 is 5.32 Å². The number of hydrogen-bond acceptors (Lipinski definition) is 4. The van der Waals surface area contributed by atoms with E-state index in [0.717, 1.165) is 28.9 Å². The van der Waals surface area contributed by atoms with Crippen LogP contribution >= 0.6 is 11.8 Å². The predicted octanol–water partition coefficient (Wildman–Crippen LogP) is 1.74. The van der Waals surface area contributed by atoms with Crippen molar-refractivity contribution in [2.45, 2.75) is 11.2 Å². The van der Waals surface area contributed by atoms with Gasteiger partial charge in [0.15, 0.2) is 0 Å². The largest absolute Gasteiger partial charge is 0.417 e. The van der Waals surface area contributed by atoms with E-state index in [1.807, 2.05) is 0 Å². The predicted molar refractivity (Wildman–Crippen MR) is 65.1 cm³/mol. The fraction of sp³-hybridized carbons (Fsp3) is 0.364. The van der Waals surface area contributed by atoms with Gasteiger partial charge in [0.1, 0.15) is 0 Å². The molecule has 1 aromatic heterocycles. The van der Waals surface area contributed by atoms with Crippen molar-refractivity contribution >= 4 is 23.7 Å². The molecule has 0 radical (unpaired) electrons. The van der Waals surface area contributed by atoms with Crippen LogP contribution < -0.4 is 5.32 Å². The Morgan fingerprint density at radius 3 is 2.70 bits per heavy atom. The first-order valence-corrected chi connectivity index (χ1v) is 6.61. The van der Waals surface area contributed by atoms with E-state index in [-0.39, 0.29) is 5.75 Å². The minimum atomic E-state index is -4.43. The minimum absolute atomic E-state index is 0.0498. The van der Waals surface area contributed by atoms with Gasteiger partial charge in [-0.3, -0.25) is 9.69 Å². The molecule has 0 aliphatic carbocycles. The Balaban J connectivity index is 1.91. The van der Waals surface area contributed by atoms with E-state index < -0.39 is 23.7 Å². The highest BCUT2D eigenvalue weighted by atomic mass is 32.2. The maximum atomic E-state index is 12.3. The van der Waals surface area contributed by atoms with Gasteiger partial charge in [0.25, 0.3) is 0 Å². The van der Waals surface area contributed by atoms with E-state index in [2.05, 4.69) is 10.3 Å². The molecule has 2 heterocycles. The van der Waals surface area contributed by atoms with Crippen molar-refractivity contribution in [3.8, 4) is 0 Å². The molecule has 108 valence electrons. The average molecular weight is 305 g/mol. The molecule has 9 heteroatoms. The van der Waals surface area contributed by atoms with E-state index in [1.54, 1.807) is 0 Å². The summed E-state index contributed by atoms with van der Waals surface area (Å²) in [5, 5.41) is 2.79. The fourth-order valence-electron chi connectivity index (χ4n) is 1.56. The summed E-state index contributed by atoms with van der Waals surface area (Å²) in [6.07, 6.45) is -3.71. The first-order chi connectivity index (χ1) is 9.38. The number of alkyl halides is 3. The van der Waals surface area contributed by atoms with Crippen LogP contribution in [0, 0.1) is 0 Å². The van der Waals surface area contributed by atoms with Crippen molar-refractivity contribution in [3.05, 3.63) is 23.9 Å². The molecule has 1 aliphatic heterocycles. The van der Waals surface area contributed by atoms with Crippen molar-refractivity contribution in [1.82, 2.24) is 15.2 Å². The number of thioether (sulfide) groups is 1. The van der Waals surface area contributed by atoms with Crippen LogP contribution in [0.25, 0.3) is 0 Å². The molecule has 3 amide bonds. The molecule has 5 nitrogen and oxygen atoms in total. The molecule has 0 spiro atoms. The minimum Gasteiger partial charge on any atom is -0.336 e. The van der Waals surface area contributed by atoms with Gasteiger partial charge in [-0.2, -0.15) is 13.2 Å². The lowest BCUT2D eigenvalue weighted by atomic mass is 10.3. The second-order valence-electron chi connectivity index (χ2n) is 3.95. The van der Waals surface area contributed by atoms with Gasteiger partial charge in [0, 0.05) is 19.3 Å². The normalized spacial score (nSPS) is 15.3. The molecule has 0 bridgehead atoms. The van der Waals surface area contributed by atoms with E-state index in [0.29, 0.717) is 18.1 Å². The Morgan fingerprint density at radius 1 is 1.45 bits per heavy atom. The third kappa shape index (κ3) is 3.41. The monoisotopic (exact) mass is 305 g/mol. The number of hydrogen-bond donors (Lipinski definition) is 1. The molecule has 1 saturated heterocycles. The van der Waals surface area contributed by atoms with Crippen LogP contribution in [0.3, 0.4) is 0 Å². The number of imide groups is 1. The molecule has 1 aromatic rings. The molecule has 0 atom stereocenters. The molecule has 2 rings (SSSR count). The topological polar surface area (TPSA) is 62.3 Å². The molecule has 20 heavy (non-hydrogen) atoms. The van der Waals surface area contributed by atoms with Gasteiger partial charge in [-0.1, -0.05) is 11.8 Å². The summed E-state index contributed by atoms with van der Waals surface area (Å²) in [6, 6.07) is 1.66. The van der Waals surface area contributed by atoms with Crippen LogP contribution in [0.1, 0.15) is 5.56 Å². The molecular weight excluding hydrogens is 295 g/mol. The molecule has 1 N–H and O–H groups in total. The number of urea groups is 1. The van der Waals surface area contributed by atoms with Gasteiger partial charge in [0.05, 0.1) is 16.3 Å². The van der Waals surface area contributed by atoms with Gasteiger partial charge in [-0.15, -0.1) is 0 Å². The van der Waals surface area contributed by atoms with E-state index in [9.17, 15) is 22.8 Å². The maximum Gasteiger partial charge on any atom is 0.417 e. The zero-order valence-electron chi connectivity index (χ0n) is 10.1. The van der Waals surface area contributed by atoms with Crippen LogP contribution in [-0.2, 0) is 11.0 Å². The van der Waals surface area contributed by atoms with Gasteiger partial charge in [0.2, 0.25) is 5.91 Å². The van der Waals surface area contributed by atoms with Crippen molar-refractivity contribution in [3.63, 3.8) is 0 Å². The summed E-state index contributed by atoms with van der Waals surface area (Å²) in [5.41, 5.74) is -0.841. The van der Waals surface area contributed by atoms with Crippen LogP contribution in [0.5, 0.6) is 0 Å². The number of aromatic nitrogens is 1. The Hall–Kier alpha value is -1.77. The second-order valence-corrected chi connectivity index (χ2v) is 4.94. The van der Waals surface area contributed by atoms with E-state index in [4.69, 9.17) is 0 Å². The van der Waals surface area contributed by atoms with E-state index >= 15 is 0 Å². The zero-order chi connectivity index (χ0) is 14.8. The highest BCUT2D eigenvalue weighted by molar-refractivity contribution is 7.99. The number of amides is 3. The first-order valence-electron chi connectivity index (χ1n) is 5.62. The molecule has 1 fully saturated rings. The zero-order valence-corrected chi connectivity index (χ0v) is 10.9.